The van der Waals surface area contributed by atoms with Gasteiger partial charge in [0.25, 0.3) is 5.91 Å². The Morgan fingerprint density at radius 2 is 1.94 bits per heavy atom. The van der Waals surface area contributed by atoms with Crippen LogP contribution in [-0.4, -0.2) is 27.0 Å². The molecular weight excluding hydrogens is 467 g/mol. The van der Waals surface area contributed by atoms with Crippen LogP contribution in [0.4, 0.5) is 0 Å². The third-order valence-electron chi connectivity index (χ3n) is 4.68. The second-order valence-corrected chi connectivity index (χ2v) is 9.59. The maximum Gasteiger partial charge on any atom is 0.283 e. The van der Waals surface area contributed by atoms with E-state index in [2.05, 4.69) is 23.9 Å². The number of benzene rings is 2. The number of thioether (sulfide) groups is 1. The third kappa shape index (κ3) is 5.06. The number of carbonyl (C=O) groups is 1. The summed E-state index contributed by atoms with van der Waals surface area (Å²) in [5.41, 5.74) is 1.79. The summed E-state index contributed by atoms with van der Waals surface area (Å²) in [5, 5.41) is 16.8. The molecule has 2 aliphatic rings. The first-order valence-corrected chi connectivity index (χ1v) is 11.5. The highest BCUT2D eigenvalue weighted by molar-refractivity contribution is 8.26. The summed E-state index contributed by atoms with van der Waals surface area (Å²) in [6.45, 7) is 4.50. The van der Waals surface area contributed by atoms with Gasteiger partial charge in [-0.2, -0.15) is 15.1 Å². The second-order valence-electron chi connectivity index (χ2n) is 7.71. The molecule has 2 heterocycles. The zero-order chi connectivity index (χ0) is 22.8. The molecule has 6 nitrogen and oxygen atoms in total. The van der Waals surface area contributed by atoms with E-state index in [1.54, 1.807) is 30.3 Å². The van der Waals surface area contributed by atoms with E-state index in [-0.39, 0.29) is 11.4 Å². The lowest BCUT2D eigenvalue weighted by Gasteiger charge is -2.20. The number of ether oxygens (including phenoxy) is 1. The van der Waals surface area contributed by atoms with Crippen molar-refractivity contribution < 1.29 is 9.53 Å². The van der Waals surface area contributed by atoms with Crippen LogP contribution in [0.5, 0.6) is 5.75 Å². The molecule has 2 aromatic carbocycles. The first-order valence-electron chi connectivity index (χ1n) is 9.96. The highest BCUT2D eigenvalue weighted by Crippen LogP contribution is 2.30. The number of amides is 1. The zero-order valence-corrected chi connectivity index (χ0v) is 19.8. The van der Waals surface area contributed by atoms with Crippen LogP contribution in [0.2, 0.25) is 10.0 Å². The van der Waals surface area contributed by atoms with Crippen molar-refractivity contribution in [3.8, 4) is 5.75 Å². The number of nitrogens with one attached hydrogen (secondary N) is 1. The molecule has 0 atom stereocenters. The smallest absolute Gasteiger partial charge is 0.283 e. The van der Waals surface area contributed by atoms with Gasteiger partial charge in [-0.15, -0.1) is 0 Å². The molecule has 0 aromatic heterocycles. The van der Waals surface area contributed by atoms with Crippen molar-refractivity contribution >= 4 is 63.0 Å². The van der Waals surface area contributed by atoms with Crippen LogP contribution in [0.25, 0.3) is 6.08 Å². The fourth-order valence-corrected chi connectivity index (χ4v) is 4.65. The minimum atomic E-state index is -0.438. The maximum absolute atomic E-state index is 12.5. The van der Waals surface area contributed by atoms with Crippen LogP contribution in [0.3, 0.4) is 0 Å². The van der Waals surface area contributed by atoms with Crippen LogP contribution >= 0.6 is 35.0 Å². The first-order chi connectivity index (χ1) is 15.3. The van der Waals surface area contributed by atoms with Crippen LogP contribution in [-0.2, 0) is 11.4 Å². The minimum Gasteiger partial charge on any atom is -0.489 e. The van der Waals surface area contributed by atoms with E-state index in [1.165, 1.54) is 16.8 Å². The van der Waals surface area contributed by atoms with E-state index < -0.39 is 5.91 Å². The molecule has 9 heteroatoms. The summed E-state index contributed by atoms with van der Waals surface area (Å²) in [6, 6.07) is 12.5. The number of hydrogen-bond acceptors (Lipinski definition) is 5. The number of carbonyl (C=O) groups excluding carboxylic acids is 1. The normalized spacial score (nSPS) is 17.0. The summed E-state index contributed by atoms with van der Waals surface area (Å²) in [4.78, 5) is 16.6. The summed E-state index contributed by atoms with van der Waals surface area (Å²) >= 11 is 13.4. The molecule has 0 radical (unpaired) electrons. The van der Waals surface area contributed by atoms with Crippen LogP contribution in [0, 0.1) is 11.3 Å². The van der Waals surface area contributed by atoms with Gasteiger partial charge < -0.3 is 4.74 Å². The number of rotatable bonds is 6. The van der Waals surface area contributed by atoms with Gasteiger partial charge in [-0.25, -0.2) is 0 Å². The molecule has 4 rings (SSSR count). The summed E-state index contributed by atoms with van der Waals surface area (Å²) in [7, 11) is 0. The van der Waals surface area contributed by atoms with Gasteiger partial charge in [0.15, 0.2) is 5.84 Å². The average molecular weight is 487 g/mol. The van der Waals surface area contributed by atoms with Crippen molar-refractivity contribution in [1.29, 1.82) is 5.41 Å². The van der Waals surface area contributed by atoms with E-state index in [1.807, 2.05) is 18.2 Å². The second kappa shape index (κ2) is 9.48. The van der Waals surface area contributed by atoms with Gasteiger partial charge in [0.1, 0.15) is 17.4 Å². The Balaban J connectivity index is 1.46. The van der Waals surface area contributed by atoms with Gasteiger partial charge in [-0.3, -0.25) is 10.2 Å². The van der Waals surface area contributed by atoms with E-state index in [4.69, 9.17) is 33.3 Å². The average Bonchev–Trinajstić information content (AvgIpc) is 3.13. The monoisotopic (exact) mass is 486 g/mol. The molecule has 0 saturated carbocycles. The largest absolute Gasteiger partial charge is 0.489 e. The van der Waals surface area contributed by atoms with Gasteiger partial charge >= 0.3 is 0 Å². The summed E-state index contributed by atoms with van der Waals surface area (Å²) in [6.07, 6.45) is 2.43. The topological polar surface area (TPSA) is 78.1 Å². The van der Waals surface area contributed by atoms with Crippen molar-refractivity contribution in [2.75, 3.05) is 0 Å². The fraction of sp³-hybridized carbons (Fsp3) is 0.217. The standard InChI is InChI=1S/C23H20Cl2N4O2S/c1-13(2)9-20-28-29-21(26)18(22(30)27-23(29)32-20)10-14-3-7-17(8-4-14)31-12-15-5-6-16(24)11-19(15)25/h3-8,10-11,13,26H,9,12H2,1-2H3/b18-10+,26-21?. The van der Waals surface area contributed by atoms with Gasteiger partial charge in [-0.05, 0) is 53.6 Å². The Hall–Kier alpha value is -2.61. The molecule has 1 N–H and O–H groups in total. The Kier molecular flexibility index (Phi) is 6.69. The van der Waals surface area contributed by atoms with Crippen molar-refractivity contribution in [2.45, 2.75) is 26.9 Å². The fourth-order valence-electron chi connectivity index (χ4n) is 3.09. The highest BCUT2D eigenvalue weighted by atomic mass is 35.5. The molecule has 1 amide bonds. The SMILES string of the molecule is CC(C)CC1=NN2C(=N)/C(=C\c3ccc(OCc4ccc(Cl)cc4Cl)cc3)C(=O)N=C2S1. The lowest BCUT2D eigenvalue weighted by Crippen LogP contribution is -2.35. The molecule has 32 heavy (non-hydrogen) atoms. The zero-order valence-electron chi connectivity index (χ0n) is 17.4. The van der Waals surface area contributed by atoms with Crippen molar-refractivity contribution in [1.82, 2.24) is 5.01 Å². The number of hydrazone groups is 1. The number of halogens is 2. The van der Waals surface area contributed by atoms with E-state index in [0.717, 1.165) is 22.6 Å². The molecule has 0 fully saturated rings. The molecule has 0 saturated heterocycles. The lowest BCUT2D eigenvalue weighted by molar-refractivity contribution is -0.114. The third-order valence-corrected chi connectivity index (χ3v) is 6.20. The van der Waals surface area contributed by atoms with Gasteiger partial charge in [0.05, 0.1) is 5.57 Å². The highest BCUT2D eigenvalue weighted by Gasteiger charge is 2.35. The molecule has 2 aliphatic heterocycles. The van der Waals surface area contributed by atoms with Crippen molar-refractivity contribution in [3.63, 3.8) is 0 Å². The molecule has 0 aliphatic carbocycles. The van der Waals surface area contributed by atoms with Gasteiger partial charge in [-0.1, -0.05) is 55.2 Å². The molecule has 0 spiro atoms. The molecular formula is C23H20Cl2N4O2S. The molecule has 0 bridgehead atoms. The Bertz CT molecular complexity index is 1170. The minimum absolute atomic E-state index is 0.0314. The van der Waals surface area contributed by atoms with Crippen LogP contribution < -0.4 is 4.74 Å². The number of amidine groups is 2. The van der Waals surface area contributed by atoms with Crippen molar-refractivity contribution in [3.05, 3.63) is 69.2 Å². The summed E-state index contributed by atoms with van der Waals surface area (Å²) < 4.78 is 5.79. The number of nitrogens with zero attached hydrogens (tertiary/aromatic N) is 3. The van der Waals surface area contributed by atoms with Crippen molar-refractivity contribution in [2.24, 2.45) is 16.0 Å². The van der Waals surface area contributed by atoms with E-state index in [0.29, 0.717) is 33.5 Å². The number of hydrogen-bond donors (Lipinski definition) is 1. The predicted octanol–water partition coefficient (Wildman–Crippen LogP) is 6.24. The molecule has 0 unspecified atom stereocenters. The first kappa shape index (κ1) is 22.6. The predicted molar refractivity (Wildman–Crippen MR) is 132 cm³/mol. The Morgan fingerprint density at radius 1 is 1.19 bits per heavy atom. The Labute approximate surface area is 200 Å². The lowest BCUT2D eigenvalue weighted by atomic mass is 10.1. The molecule has 164 valence electrons. The quantitative estimate of drug-likeness (QED) is 0.490. The van der Waals surface area contributed by atoms with Gasteiger partial charge in [0, 0.05) is 22.0 Å². The molecule has 2 aromatic rings. The summed E-state index contributed by atoms with van der Waals surface area (Å²) in [5.74, 6) is 0.679. The van der Waals surface area contributed by atoms with E-state index >= 15 is 0 Å². The van der Waals surface area contributed by atoms with Crippen LogP contribution in [0.1, 0.15) is 31.4 Å². The number of fused-ring (bicyclic) bond motifs is 1. The Morgan fingerprint density at radius 3 is 2.62 bits per heavy atom. The number of aliphatic imine (C=N–C) groups is 1. The van der Waals surface area contributed by atoms with Gasteiger partial charge in [0.2, 0.25) is 5.17 Å². The van der Waals surface area contributed by atoms with E-state index in [9.17, 15) is 4.79 Å². The maximum atomic E-state index is 12.5. The van der Waals surface area contributed by atoms with Crippen LogP contribution in [0.15, 0.2) is 58.1 Å².